The molecule has 0 heterocycles. The zero-order valence-corrected chi connectivity index (χ0v) is 9.84. The van der Waals surface area contributed by atoms with Crippen molar-refractivity contribution in [3.63, 3.8) is 0 Å². The first-order valence-electron chi connectivity index (χ1n) is 6.25. The van der Waals surface area contributed by atoms with Crippen molar-refractivity contribution in [2.24, 2.45) is 11.7 Å². The maximum atomic E-state index is 6.15. The van der Waals surface area contributed by atoms with E-state index in [2.05, 4.69) is 18.7 Å². The first-order valence-corrected chi connectivity index (χ1v) is 6.25. The summed E-state index contributed by atoms with van der Waals surface area (Å²) in [5.41, 5.74) is 6.15. The molecule has 2 N–H and O–H groups in total. The summed E-state index contributed by atoms with van der Waals surface area (Å²) in [7, 11) is 0. The average molecular weight is 198 g/mol. The second-order valence-electron chi connectivity index (χ2n) is 4.60. The van der Waals surface area contributed by atoms with Gasteiger partial charge in [0.1, 0.15) is 0 Å². The Labute approximate surface area is 88.8 Å². The molecule has 0 aromatic heterocycles. The van der Waals surface area contributed by atoms with E-state index < -0.39 is 0 Å². The standard InChI is InChI=1S/C12H26N2/c1-3-9-14(4-2)10-11-7-5-6-8-12(11)13/h11-12H,3-10,13H2,1-2H3. The minimum Gasteiger partial charge on any atom is -0.327 e. The van der Waals surface area contributed by atoms with E-state index in [9.17, 15) is 0 Å². The summed E-state index contributed by atoms with van der Waals surface area (Å²) in [6.45, 7) is 8.15. The van der Waals surface area contributed by atoms with Crippen molar-refractivity contribution in [1.82, 2.24) is 4.90 Å². The van der Waals surface area contributed by atoms with Crippen molar-refractivity contribution in [2.45, 2.75) is 52.0 Å². The molecule has 2 unspecified atom stereocenters. The molecule has 0 aromatic carbocycles. The Morgan fingerprint density at radius 1 is 1.21 bits per heavy atom. The predicted octanol–water partition coefficient (Wildman–Crippen LogP) is 2.24. The molecule has 2 heteroatoms. The quantitative estimate of drug-likeness (QED) is 0.734. The van der Waals surface area contributed by atoms with E-state index in [1.54, 1.807) is 0 Å². The van der Waals surface area contributed by atoms with Crippen LogP contribution in [0.5, 0.6) is 0 Å². The molecule has 1 saturated carbocycles. The number of hydrogen-bond donors (Lipinski definition) is 1. The van der Waals surface area contributed by atoms with Crippen LogP contribution in [0.2, 0.25) is 0 Å². The fourth-order valence-electron chi connectivity index (χ4n) is 2.49. The number of nitrogens with zero attached hydrogens (tertiary/aromatic N) is 1. The highest BCUT2D eigenvalue weighted by atomic mass is 15.1. The fourth-order valence-corrected chi connectivity index (χ4v) is 2.49. The Morgan fingerprint density at radius 3 is 2.50 bits per heavy atom. The van der Waals surface area contributed by atoms with Gasteiger partial charge in [-0.25, -0.2) is 0 Å². The highest BCUT2D eigenvalue weighted by molar-refractivity contribution is 4.80. The van der Waals surface area contributed by atoms with Gasteiger partial charge in [-0.3, -0.25) is 0 Å². The summed E-state index contributed by atoms with van der Waals surface area (Å²) in [5.74, 6) is 0.759. The summed E-state index contributed by atoms with van der Waals surface area (Å²) >= 11 is 0. The van der Waals surface area contributed by atoms with E-state index in [-0.39, 0.29) is 0 Å². The molecule has 2 nitrogen and oxygen atoms in total. The fraction of sp³-hybridized carbons (Fsp3) is 1.00. The van der Waals surface area contributed by atoms with Crippen molar-refractivity contribution in [3.8, 4) is 0 Å². The van der Waals surface area contributed by atoms with E-state index in [0.717, 1.165) is 5.92 Å². The van der Waals surface area contributed by atoms with Gasteiger partial charge in [-0.05, 0) is 38.3 Å². The summed E-state index contributed by atoms with van der Waals surface area (Å²) in [6, 6.07) is 0.467. The topological polar surface area (TPSA) is 29.3 Å². The van der Waals surface area contributed by atoms with Gasteiger partial charge >= 0.3 is 0 Å². The predicted molar refractivity (Wildman–Crippen MR) is 62.3 cm³/mol. The largest absolute Gasteiger partial charge is 0.327 e. The van der Waals surface area contributed by atoms with Crippen LogP contribution < -0.4 is 5.73 Å². The van der Waals surface area contributed by atoms with Gasteiger partial charge in [0.15, 0.2) is 0 Å². The molecular weight excluding hydrogens is 172 g/mol. The van der Waals surface area contributed by atoms with Crippen molar-refractivity contribution in [3.05, 3.63) is 0 Å². The van der Waals surface area contributed by atoms with Gasteiger partial charge in [-0.1, -0.05) is 26.7 Å². The van der Waals surface area contributed by atoms with Crippen molar-refractivity contribution >= 4 is 0 Å². The second-order valence-corrected chi connectivity index (χ2v) is 4.60. The zero-order valence-electron chi connectivity index (χ0n) is 9.84. The van der Waals surface area contributed by atoms with Crippen LogP contribution in [0.25, 0.3) is 0 Å². The Hall–Kier alpha value is -0.0800. The molecule has 0 saturated heterocycles. The molecule has 0 aliphatic heterocycles. The average Bonchev–Trinajstić information content (AvgIpc) is 2.20. The SMILES string of the molecule is CCCN(CC)CC1CCCCC1N. The van der Waals surface area contributed by atoms with Crippen LogP contribution in [0.3, 0.4) is 0 Å². The van der Waals surface area contributed by atoms with Crippen molar-refractivity contribution in [2.75, 3.05) is 19.6 Å². The van der Waals surface area contributed by atoms with Crippen LogP contribution in [0.1, 0.15) is 46.0 Å². The molecule has 14 heavy (non-hydrogen) atoms. The van der Waals surface area contributed by atoms with Gasteiger partial charge in [0.25, 0.3) is 0 Å². The van der Waals surface area contributed by atoms with Crippen LogP contribution in [-0.4, -0.2) is 30.6 Å². The summed E-state index contributed by atoms with van der Waals surface area (Å²) in [5, 5.41) is 0. The summed E-state index contributed by atoms with van der Waals surface area (Å²) < 4.78 is 0. The lowest BCUT2D eigenvalue weighted by Crippen LogP contribution is -2.41. The van der Waals surface area contributed by atoms with Crippen molar-refractivity contribution in [1.29, 1.82) is 0 Å². The van der Waals surface area contributed by atoms with Gasteiger partial charge in [-0.15, -0.1) is 0 Å². The third kappa shape index (κ3) is 3.58. The zero-order chi connectivity index (χ0) is 10.4. The molecule has 0 spiro atoms. The molecule has 1 aliphatic carbocycles. The molecule has 84 valence electrons. The van der Waals surface area contributed by atoms with Crippen LogP contribution in [0, 0.1) is 5.92 Å². The number of rotatable bonds is 5. The molecule has 1 rings (SSSR count). The van der Waals surface area contributed by atoms with E-state index in [4.69, 9.17) is 5.73 Å². The van der Waals surface area contributed by atoms with Crippen LogP contribution in [-0.2, 0) is 0 Å². The minimum atomic E-state index is 0.467. The first kappa shape index (κ1) is 12.0. The van der Waals surface area contributed by atoms with Crippen LogP contribution >= 0.6 is 0 Å². The van der Waals surface area contributed by atoms with Gasteiger partial charge < -0.3 is 10.6 Å². The van der Waals surface area contributed by atoms with Gasteiger partial charge in [0.05, 0.1) is 0 Å². The third-order valence-electron chi connectivity index (χ3n) is 3.45. The normalized spacial score (nSPS) is 28.3. The third-order valence-corrected chi connectivity index (χ3v) is 3.45. The second kappa shape index (κ2) is 6.41. The lowest BCUT2D eigenvalue weighted by Gasteiger charge is -2.33. The molecule has 0 bridgehead atoms. The number of hydrogen-bond acceptors (Lipinski definition) is 2. The van der Waals surface area contributed by atoms with Gasteiger partial charge in [0, 0.05) is 12.6 Å². The Balaban J connectivity index is 2.31. The number of nitrogens with two attached hydrogens (primary N) is 1. The molecular formula is C12H26N2. The van der Waals surface area contributed by atoms with E-state index in [1.165, 1.54) is 51.7 Å². The Bertz CT molecular complexity index is 147. The smallest absolute Gasteiger partial charge is 0.00793 e. The van der Waals surface area contributed by atoms with Gasteiger partial charge in [-0.2, -0.15) is 0 Å². The van der Waals surface area contributed by atoms with Crippen LogP contribution in [0.4, 0.5) is 0 Å². The maximum Gasteiger partial charge on any atom is 0.00793 e. The summed E-state index contributed by atoms with van der Waals surface area (Å²) in [6.07, 6.45) is 6.59. The van der Waals surface area contributed by atoms with Crippen LogP contribution in [0.15, 0.2) is 0 Å². The van der Waals surface area contributed by atoms with Gasteiger partial charge in [0.2, 0.25) is 0 Å². The van der Waals surface area contributed by atoms with E-state index >= 15 is 0 Å². The summed E-state index contributed by atoms with van der Waals surface area (Å²) in [4.78, 5) is 2.55. The highest BCUT2D eigenvalue weighted by Crippen LogP contribution is 2.23. The highest BCUT2D eigenvalue weighted by Gasteiger charge is 2.23. The Morgan fingerprint density at radius 2 is 1.93 bits per heavy atom. The Kier molecular flexibility index (Phi) is 5.49. The van der Waals surface area contributed by atoms with E-state index in [0.29, 0.717) is 6.04 Å². The molecule has 2 atom stereocenters. The molecule has 0 amide bonds. The first-order chi connectivity index (χ1) is 6.77. The molecule has 1 fully saturated rings. The lowest BCUT2D eigenvalue weighted by atomic mass is 9.84. The minimum absolute atomic E-state index is 0.467. The van der Waals surface area contributed by atoms with E-state index in [1.807, 2.05) is 0 Å². The molecule has 0 radical (unpaired) electrons. The molecule has 0 aromatic rings. The van der Waals surface area contributed by atoms with Crippen molar-refractivity contribution < 1.29 is 0 Å². The monoisotopic (exact) mass is 198 g/mol. The lowest BCUT2D eigenvalue weighted by molar-refractivity contribution is 0.190. The maximum absolute atomic E-state index is 6.15. The molecule has 1 aliphatic rings.